The van der Waals surface area contributed by atoms with Gasteiger partial charge in [-0.1, -0.05) is 12.1 Å². The maximum absolute atomic E-state index is 14.0. The van der Waals surface area contributed by atoms with E-state index in [0.717, 1.165) is 0 Å². The highest BCUT2D eigenvalue weighted by molar-refractivity contribution is 5.88. The number of carboxylic acids is 1. The fraction of sp³-hybridized carbons (Fsp3) is 0.188. The van der Waals surface area contributed by atoms with E-state index < -0.39 is 11.8 Å². The van der Waals surface area contributed by atoms with Crippen LogP contribution in [0.1, 0.15) is 21.5 Å². The standard InChI is InChI=1S/C16H15FO4/c1-10-8-11(16(18)19)6-7-13(10)21-9-12-4-3-5-14(20-2)15(12)17/h3-8H,9H2,1-2H3,(H,18,19). The van der Waals surface area contributed by atoms with Gasteiger partial charge in [0.2, 0.25) is 0 Å². The third kappa shape index (κ3) is 3.31. The monoisotopic (exact) mass is 290 g/mol. The highest BCUT2D eigenvalue weighted by atomic mass is 19.1. The second-order valence-corrected chi connectivity index (χ2v) is 4.51. The number of aromatic carboxylic acids is 1. The number of rotatable bonds is 5. The lowest BCUT2D eigenvalue weighted by Crippen LogP contribution is -2.02. The molecule has 0 heterocycles. The average Bonchev–Trinajstić information content (AvgIpc) is 2.47. The van der Waals surface area contributed by atoms with Gasteiger partial charge in [-0.25, -0.2) is 9.18 Å². The zero-order chi connectivity index (χ0) is 15.4. The van der Waals surface area contributed by atoms with Crippen molar-refractivity contribution >= 4 is 5.97 Å². The summed E-state index contributed by atoms with van der Waals surface area (Å²) in [6, 6.07) is 9.36. The highest BCUT2D eigenvalue weighted by Gasteiger charge is 2.10. The molecule has 0 fully saturated rings. The van der Waals surface area contributed by atoms with Crippen LogP contribution in [0, 0.1) is 12.7 Å². The fourth-order valence-electron chi connectivity index (χ4n) is 1.93. The number of aryl methyl sites for hydroxylation is 1. The van der Waals surface area contributed by atoms with Gasteiger partial charge in [-0.05, 0) is 36.8 Å². The largest absolute Gasteiger partial charge is 0.494 e. The number of halogens is 1. The van der Waals surface area contributed by atoms with Crippen molar-refractivity contribution in [3.05, 3.63) is 58.9 Å². The Kier molecular flexibility index (Phi) is 4.42. The Morgan fingerprint density at radius 1 is 1.24 bits per heavy atom. The van der Waals surface area contributed by atoms with Crippen molar-refractivity contribution in [1.82, 2.24) is 0 Å². The van der Waals surface area contributed by atoms with Crippen molar-refractivity contribution in [2.45, 2.75) is 13.5 Å². The minimum absolute atomic E-state index is 0.0380. The van der Waals surface area contributed by atoms with Crippen LogP contribution >= 0.6 is 0 Å². The van der Waals surface area contributed by atoms with E-state index >= 15 is 0 Å². The van der Waals surface area contributed by atoms with Crippen LogP contribution in [0.3, 0.4) is 0 Å². The van der Waals surface area contributed by atoms with Gasteiger partial charge in [0.15, 0.2) is 11.6 Å². The number of carboxylic acid groups (broad SMARTS) is 1. The molecule has 0 atom stereocenters. The predicted octanol–water partition coefficient (Wildman–Crippen LogP) is 3.42. The minimum Gasteiger partial charge on any atom is -0.494 e. The number of benzene rings is 2. The molecule has 0 bridgehead atoms. The van der Waals surface area contributed by atoms with Crippen LogP contribution in [0.15, 0.2) is 36.4 Å². The lowest BCUT2D eigenvalue weighted by atomic mass is 10.1. The van der Waals surface area contributed by atoms with Crippen LogP contribution in [0.2, 0.25) is 0 Å². The molecule has 0 aliphatic carbocycles. The SMILES string of the molecule is COc1cccc(COc2ccc(C(=O)O)cc2C)c1F. The lowest BCUT2D eigenvalue weighted by Gasteiger charge is -2.11. The number of methoxy groups -OCH3 is 1. The molecule has 5 heteroatoms. The van der Waals surface area contributed by atoms with Gasteiger partial charge in [0.25, 0.3) is 0 Å². The summed E-state index contributed by atoms with van der Waals surface area (Å²) in [5.74, 6) is -0.778. The average molecular weight is 290 g/mol. The third-order valence-corrected chi connectivity index (χ3v) is 3.07. The lowest BCUT2D eigenvalue weighted by molar-refractivity contribution is 0.0696. The van der Waals surface area contributed by atoms with Crippen LogP contribution in [0.4, 0.5) is 4.39 Å². The van der Waals surface area contributed by atoms with Gasteiger partial charge in [0.1, 0.15) is 12.4 Å². The number of hydrogen-bond acceptors (Lipinski definition) is 3. The van der Waals surface area contributed by atoms with Crippen molar-refractivity contribution in [3.63, 3.8) is 0 Å². The topological polar surface area (TPSA) is 55.8 Å². The number of hydrogen-bond donors (Lipinski definition) is 1. The van der Waals surface area contributed by atoms with Crippen molar-refractivity contribution < 1.29 is 23.8 Å². The molecule has 0 unspecified atom stereocenters. The molecule has 0 aliphatic heterocycles. The first kappa shape index (κ1) is 14.8. The van der Waals surface area contributed by atoms with E-state index in [-0.39, 0.29) is 17.9 Å². The fourth-order valence-corrected chi connectivity index (χ4v) is 1.93. The zero-order valence-electron chi connectivity index (χ0n) is 11.7. The summed E-state index contributed by atoms with van der Waals surface area (Å²) < 4.78 is 24.4. The van der Waals surface area contributed by atoms with Gasteiger partial charge in [-0.15, -0.1) is 0 Å². The summed E-state index contributed by atoms with van der Waals surface area (Å²) in [7, 11) is 1.40. The third-order valence-electron chi connectivity index (χ3n) is 3.07. The van der Waals surface area contributed by atoms with Crippen molar-refractivity contribution in [1.29, 1.82) is 0 Å². The maximum Gasteiger partial charge on any atom is 0.335 e. The van der Waals surface area contributed by atoms with E-state index in [1.807, 2.05) is 0 Å². The number of carbonyl (C=O) groups is 1. The smallest absolute Gasteiger partial charge is 0.335 e. The van der Waals surface area contributed by atoms with E-state index in [1.54, 1.807) is 25.1 Å². The molecular weight excluding hydrogens is 275 g/mol. The van der Waals surface area contributed by atoms with Crippen molar-refractivity contribution in [3.8, 4) is 11.5 Å². The van der Waals surface area contributed by atoms with Gasteiger partial charge >= 0.3 is 5.97 Å². The maximum atomic E-state index is 14.0. The summed E-state index contributed by atoms with van der Waals surface area (Å²) in [4.78, 5) is 10.9. The molecule has 110 valence electrons. The van der Waals surface area contributed by atoms with Crippen molar-refractivity contribution in [2.24, 2.45) is 0 Å². The minimum atomic E-state index is -0.997. The summed E-state index contributed by atoms with van der Waals surface area (Å²) in [5, 5.41) is 8.90. The van der Waals surface area contributed by atoms with Crippen LogP contribution in [-0.4, -0.2) is 18.2 Å². The zero-order valence-corrected chi connectivity index (χ0v) is 11.7. The molecule has 1 N–H and O–H groups in total. The number of ether oxygens (including phenoxy) is 2. The molecule has 0 aliphatic rings. The Hall–Kier alpha value is -2.56. The summed E-state index contributed by atoms with van der Waals surface area (Å²) in [6.45, 7) is 1.78. The molecule has 0 aromatic heterocycles. The first-order valence-corrected chi connectivity index (χ1v) is 6.31. The molecule has 0 spiro atoms. The quantitative estimate of drug-likeness (QED) is 0.916. The molecule has 2 aromatic rings. The molecule has 21 heavy (non-hydrogen) atoms. The van der Waals surface area contributed by atoms with E-state index in [2.05, 4.69) is 0 Å². The first-order chi connectivity index (χ1) is 10.0. The molecule has 0 amide bonds. The molecule has 4 nitrogen and oxygen atoms in total. The Morgan fingerprint density at radius 3 is 2.62 bits per heavy atom. The second kappa shape index (κ2) is 6.26. The normalized spacial score (nSPS) is 10.2. The molecule has 2 rings (SSSR count). The van der Waals surface area contributed by atoms with Gasteiger partial charge in [0.05, 0.1) is 12.7 Å². The van der Waals surface area contributed by atoms with Gasteiger partial charge in [-0.3, -0.25) is 0 Å². The van der Waals surface area contributed by atoms with E-state index in [4.69, 9.17) is 14.6 Å². The second-order valence-electron chi connectivity index (χ2n) is 4.51. The van der Waals surface area contributed by atoms with Gasteiger partial charge < -0.3 is 14.6 Å². The molecule has 0 saturated carbocycles. The Morgan fingerprint density at radius 2 is 2.00 bits per heavy atom. The highest BCUT2D eigenvalue weighted by Crippen LogP contribution is 2.24. The molecule has 0 saturated heterocycles. The molecular formula is C16H15FO4. The van der Waals surface area contributed by atoms with Crippen LogP contribution < -0.4 is 9.47 Å². The summed E-state index contributed by atoms with van der Waals surface area (Å²) in [6.07, 6.45) is 0. The van der Waals surface area contributed by atoms with E-state index in [1.165, 1.54) is 25.3 Å². The Bertz CT molecular complexity index is 667. The Balaban J connectivity index is 2.15. The van der Waals surface area contributed by atoms with Gasteiger partial charge in [-0.2, -0.15) is 0 Å². The Labute approximate surface area is 121 Å². The van der Waals surface area contributed by atoms with Crippen molar-refractivity contribution in [2.75, 3.05) is 7.11 Å². The predicted molar refractivity (Wildman–Crippen MR) is 75.4 cm³/mol. The van der Waals surface area contributed by atoms with Gasteiger partial charge in [0, 0.05) is 5.56 Å². The molecule has 2 aromatic carbocycles. The van der Waals surface area contributed by atoms with E-state index in [0.29, 0.717) is 16.9 Å². The van der Waals surface area contributed by atoms with Crippen LogP contribution in [-0.2, 0) is 6.61 Å². The van der Waals surface area contributed by atoms with Crippen LogP contribution in [0.5, 0.6) is 11.5 Å². The summed E-state index contributed by atoms with van der Waals surface area (Å²) in [5.41, 5.74) is 1.24. The van der Waals surface area contributed by atoms with Crippen LogP contribution in [0.25, 0.3) is 0 Å². The van der Waals surface area contributed by atoms with E-state index in [9.17, 15) is 9.18 Å². The summed E-state index contributed by atoms with van der Waals surface area (Å²) >= 11 is 0. The first-order valence-electron chi connectivity index (χ1n) is 6.31. The molecule has 0 radical (unpaired) electrons.